The zero-order chi connectivity index (χ0) is 22.6. The molecular weight excluding hydrogens is 420 g/mol. The van der Waals surface area contributed by atoms with Gasteiger partial charge in [-0.3, -0.25) is 4.79 Å². The summed E-state index contributed by atoms with van der Waals surface area (Å²) in [6.07, 6.45) is 2.54. The molecule has 3 heterocycles. The Hall–Kier alpha value is -4.07. The maximum atomic E-state index is 12.7. The third-order valence-corrected chi connectivity index (χ3v) is 5.48. The van der Waals surface area contributed by atoms with Gasteiger partial charge < -0.3 is 24.1 Å². The molecule has 168 valence electrons. The van der Waals surface area contributed by atoms with E-state index in [0.29, 0.717) is 49.8 Å². The number of nitrogens with one attached hydrogen (secondary N) is 1. The maximum absolute atomic E-state index is 12.7. The number of ether oxygens (including phenoxy) is 3. The van der Waals surface area contributed by atoms with Gasteiger partial charge in [-0.05, 0) is 42.0 Å². The molecule has 0 spiro atoms. The SMILES string of the molecule is COc1ccc(Cn2c(CCC(=O)Nc3ccc4c(c3)OCCO4)nc3cccnc32)cc1. The third kappa shape index (κ3) is 4.59. The number of carbonyl (C=O) groups excluding carboxylic acids is 1. The van der Waals surface area contributed by atoms with E-state index in [0.717, 1.165) is 28.3 Å². The first kappa shape index (κ1) is 20.8. The number of hydrogen-bond acceptors (Lipinski definition) is 6. The number of fused-ring (bicyclic) bond motifs is 2. The minimum atomic E-state index is -0.0947. The molecule has 5 rings (SSSR count). The first-order chi connectivity index (χ1) is 16.2. The molecule has 0 saturated carbocycles. The van der Waals surface area contributed by atoms with Gasteiger partial charge in [0.25, 0.3) is 0 Å². The predicted molar refractivity (Wildman–Crippen MR) is 124 cm³/mol. The van der Waals surface area contributed by atoms with Crippen LogP contribution in [0.2, 0.25) is 0 Å². The van der Waals surface area contributed by atoms with E-state index < -0.39 is 0 Å². The first-order valence-corrected chi connectivity index (χ1v) is 10.8. The lowest BCUT2D eigenvalue weighted by Gasteiger charge is -2.19. The van der Waals surface area contributed by atoms with Gasteiger partial charge in [0, 0.05) is 30.8 Å². The fraction of sp³-hybridized carbons (Fsp3) is 0.240. The van der Waals surface area contributed by atoms with Crippen LogP contribution in [0.25, 0.3) is 11.2 Å². The van der Waals surface area contributed by atoms with Crippen LogP contribution in [-0.2, 0) is 17.8 Å². The number of benzene rings is 2. The van der Waals surface area contributed by atoms with Gasteiger partial charge in [0.2, 0.25) is 5.91 Å². The first-order valence-electron chi connectivity index (χ1n) is 10.8. The second-order valence-electron chi connectivity index (χ2n) is 7.71. The van der Waals surface area contributed by atoms with Crippen molar-refractivity contribution in [3.8, 4) is 17.2 Å². The number of hydrogen-bond donors (Lipinski definition) is 1. The van der Waals surface area contributed by atoms with Gasteiger partial charge in [0.05, 0.1) is 13.7 Å². The zero-order valence-electron chi connectivity index (χ0n) is 18.3. The molecule has 8 nitrogen and oxygen atoms in total. The Balaban J connectivity index is 1.31. The quantitative estimate of drug-likeness (QED) is 0.466. The van der Waals surface area contributed by atoms with Gasteiger partial charge in [0.15, 0.2) is 17.1 Å². The summed E-state index contributed by atoms with van der Waals surface area (Å²) < 4.78 is 18.4. The summed E-state index contributed by atoms with van der Waals surface area (Å²) in [5.74, 6) is 2.87. The van der Waals surface area contributed by atoms with Crippen LogP contribution in [0, 0.1) is 0 Å². The molecule has 0 atom stereocenters. The Morgan fingerprint density at radius 1 is 1.09 bits per heavy atom. The average molecular weight is 444 g/mol. The lowest BCUT2D eigenvalue weighted by Crippen LogP contribution is -2.17. The molecule has 0 unspecified atom stereocenters. The van der Waals surface area contributed by atoms with Crippen molar-refractivity contribution in [1.29, 1.82) is 0 Å². The number of carbonyl (C=O) groups is 1. The van der Waals surface area contributed by atoms with Gasteiger partial charge >= 0.3 is 0 Å². The molecule has 0 fully saturated rings. The Morgan fingerprint density at radius 2 is 1.91 bits per heavy atom. The van der Waals surface area contributed by atoms with Crippen LogP contribution in [-0.4, -0.2) is 40.8 Å². The highest BCUT2D eigenvalue weighted by molar-refractivity contribution is 5.91. The third-order valence-electron chi connectivity index (χ3n) is 5.48. The van der Waals surface area contributed by atoms with E-state index in [1.165, 1.54) is 0 Å². The lowest BCUT2D eigenvalue weighted by atomic mass is 10.2. The van der Waals surface area contributed by atoms with E-state index in [2.05, 4.69) is 14.9 Å². The van der Waals surface area contributed by atoms with E-state index in [4.69, 9.17) is 19.2 Å². The second-order valence-corrected chi connectivity index (χ2v) is 7.71. The molecule has 0 aliphatic carbocycles. The number of pyridine rings is 1. The van der Waals surface area contributed by atoms with Gasteiger partial charge in [-0.15, -0.1) is 0 Å². The summed E-state index contributed by atoms with van der Waals surface area (Å²) in [5, 5.41) is 2.94. The Morgan fingerprint density at radius 3 is 2.73 bits per heavy atom. The Bertz CT molecular complexity index is 1280. The molecular formula is C25H24N4O4. The number of amides is 1. The number of imidazole rings is 1. The summed E-state index contributed by atoms with van der Waals surface area (Å²) in [6, 6.07) is 17.1. The second kappa shape index (κ2) is 9.20. The molecule has 4 aromatic rings. The van der Waals surface area contributed by atoms with Crippen molar-refractivity contribution in [3.63, 3.8) is 0 Å². The molecule has 1 N–H and O–H groups in total. The summed E-state index contributed by atoms with van der Waals surface area (Å²) in [4.78, 5) is 21.9. The van der Waals surface area contributed by atoms with E-state index in [1.807, 2.05) is 48.5 Å². The molecule has 1 aliphatic rings. The number of aromatic nitrogens is 3. The zero-order valence-corrected chi connectivity index (χ0v) is 18.3. The van der Waals surface area contributed by atoms with Crippen LogP contribution in [0.15, 0.2) is 60.8 Å². The van der Waals surface area contributed by atoms with Crippen molar-refractivity contribution in [2.75, 3.05) is 25.6 Å². The van der Waals surface area contributed by atoms with Crippen molar-refractivity contribution in [2.45, 2.75) is 19.4 Å². The lowest BCUT2D eigenvalue weighted by molar-refractivity contribution is -0.116. The van der Waals surface area contributed by atoms with Crippen molar-refractivity contribution in [1.82, 2.24) is 14.5 Å². The van der Waals surface area contributed by atoms with Crippen molar-refractivity contribution < 1.29 is 19.0 Å². The Labute approximate surface area is 191 Å². The van der Waals surface area contributed by atoms with E-state index in [9.17, 15) is 4.79 Å². The average Bonchev–Trinajstić information content (AvgIpc) is 3.20. The topological polar surface area (TPSA) is 87.5 Å². The normalized spacial score (nSPS) is 12.5. The molecule has 8 heteroatoms. The van der Waals surface area contributed by atoms with Crippen LogP contribution >= 0.6 is 0 Å². The largest absolute Gasteiger partial charge is 0.497 e. The Kier molecular flexibility index (Phi) is 5.80. The summed E-state index contributed by atoms with van der Waals surface area (Å²) in [5.41, 5.74) is 3.39. The molecule has 33 heavy (non-hydrogen) atoms. The van der Waals surface area contributed by atoms with E-state index in [-0.39, 0.29) is 5.91 Å². The number of methoxy groups -OCH3 is 1. The fourth-order valence-corrected chi connectivity index (χ4v) is 3.85. The molecule has 0 saturated heterocycles. The minimum Gasteiger partial charge on any atom is -0.497 e. The highest BCUT2D eigenvalue weighted by atomic mass is 16.6. The number of rotatable bonds is 7. The van der Waals surface area contributed by atoms with Crippen LogP contribution in [0.5, 0.6) is 17.2 Å². The van der Waals surface area contributed by atoms with Crippen LogP contribution in [0.1, 0.15) is 17.8 Å². The molecule has 2 aromatic carbocycles. The minimum absolute atomic E-state index is 0.0947. The van der Waals surface area contributed by atoms with Gasteiger partial charge in [-0.25, -0.2) is 9.97 Å². The number of aryl methyl sites for hydroxylation is 1. The van der Waals surface area contributed by atoms with Crippen molar-refractivity contribution in [2.24, 2.45) is 0 Å². The summed E-state index contributed by atoms with van der Waals surface area (Å²) in [7, 11) is 1.65. The number of nitrogens with zero attached hydrogens (tertiary/aromatic N) is 3. The van der Waals surface area contributed by atoms with E-state index >= 15 is 0 Å². The highest BCUT2D eigenvalue weighted by Gasteiger charge is 2.16. The molecule has 0 bridgehead atoms. The van der Waals surface area contributed by atoms with Crippen LogP contribution < -0.4 is 19.5 Å². The van der Waals surface area contributed by atoms with Crippen molar-refractivity contribution >= 4 is 22.8 Å². The molecule has 2 aromatic heterocycles. The molecule has 1 amide bonds. The smallest absolute Gasteiger partial charge is 0.224 e. The standard InChI is InChI=1S/C25H24N4O4/c1-31-19-7-4-17(5-8-19)16-29-23(28-20-3-2-12-26-25(20)29)10-11-24(30)27-18-6-9-21-22(15-18)33-14-13-32-21/h2-9,12,15H,10-11,13-14,16H2,1H3,(H,27,30). The monoisotopic (exact) mass is 444 g/mol. The van der Waals surface area contributed by atoms with Gasteiger partial charge in [-0.2, -0.15) is 0 Å². The highest BCUT2D eigenvalue weighted by Crippen LogP contribution is 2.32. The van der Waals surface area contributed by atoms with Gasteiger partial charge in [-0.1, -0.05) is 12.1 Å². The molecule has 0 radical (unpaired) electrons. The summed E-state index contributed by atoms with van der Waals surface area (Å²) in [6.45, 7) is 1.64. The number of anilines is 1. The maximum Gasteiger partial charge on any atom is 0.224 e. The fourth-order valence-electron chi connectivity index (χ4n) is 3.85. The molecule has 1 aliphatic heterocycles. The van der Waals surface area contributed by atoms with E-state index in [1.54, 1.807) is 19.4 Å². The van der Waals surface area contributed by atoms with Gasteiger partial charge in [0.1, 0.15) is 30.3 Å². The van der Waals surface area contributed by atoms with Crippen molar-refractivity contribution in [3.05, 3.63) is 72.2 Å². The van der Waals surface area contributed by atoms with Crippen LogP contribution in [0.3, 0.4) is 0 Å². The predicted octanol–water partition coefficient (Wildman–Crippen LogP) is 3.83. The summed E-state index contributed by atoms with van der Waals surface area (Å²) >= 11 is 0. The van der Waals surface area contributed by atoms with Crippen LogP contribution in [0.4, 0.5) is 5.69 Å².